The molecule has 0 heterocycles. The predicted octanol–water partition coefficient (Wildman–Crippen LogP) is 1.08. The Labute approximate surface area is 89.6 Å². The van der Waals surface area contributed by atoms with E-state index in [-0.39, 0.29) is 12.4 Å². The Hall–Kier alpha value is -1.07. The Morgan fingerprint density at radius 3 is 2.53 bits per heavy atom. The first-order chi connectivity index (χ1) is 6.96. The lowest BCUT2D eigenvalue weighted by Crippen LogP contribution is -2.07. The van der Waals surface area contributed by atoms with Crippen molar-refractivity contribution in [1.29, 1.82) is 0 Å². The molecule has 0 unspecified atom stereocenters. The van der Waals surface area contributed by atoms with Crippen molar-refractivity contribution in [3.8, 4) is 5.75 Å². The minimum absolute atomic E-state index is 0.192. The molecule has 5 heteroatoms. The van der Waals surface area contributed by atoms with Crippen molar-refractivity contribution in [2.75, 3.05) is 6.26 Å². The van der Waals surface area contributed by atoms with Gasteiger partial charge in [0, 0.05) is 5.56 Å². The molecule has 0 saturated heterocycles. The van der Waals surface area contributed by atoms with Crippen LogP contribution in [0.25, 0.3) is 0 Å². The molecule has 0 spiro atoms. The highest BCUT2D eigenvalue weighted by Crippen LogP contribution is 2.21. The van der Waals surface area contributed by atoms with Crippen LogP contribution in [0.4, 0.5) is 0 Å². The van der Waals surface area contributed by atoms with Crippen LogP contribution >= 0.6 is 0 Å². The zero-order chi connectivity index (χ0) is 11.5. The standard InChI is InChI=1S/C10H14O4S/c1-3-8-4-5-10(9(6-8)7-11)14-15(2,12)13/h4-6,11H,3,7H2,1-2H3. The number of hydrogen-bond donors (Lipinski definition) is 1. The quantitative estimate of drug-likeness (QED) is 0.786. The van der Waals surface area contributed by atoms with Gasteiger partial charge in [-0.25, -0.2) is 0 Å². The average molecular weight is 230 g/mol. The Morgan fingerprint density at radius 2 is 2.07 bits per heavy atom. The van der Waals surface area contributed by atoms with Crippen molar-refractivity contribution in [1.82, 2.24) is 0 Å². The second-order valence-electron chi connectivity index (χ2n) is 3.24. The molecule has 0 saturated carbocycles. The van der Waals surface area contributed by atoms with Crippen molar-refractivity contribution in [2.45, 2.75) is 20.0 Å². The van der Waals surface area contributed by atoms with Crippen LogP contribution in [0.3, 0.4) is 0 Å². The summed E-state index contributed by atoms with van der Waals surface area (Å²) < 4.78 is 26.6. The van der Waals surface area contributed by atoms with E-state index in [1.165, 1.54) is 0 Å². The molecule has 84 valence electrons. The Kier molecular flexibility index (Phi) is 3.71. The van der Waals surface area contributed by atoms with Crippen molar-refractivity contribution in [2.24, 2.45) is 0 Å². The van der Waals surface area contributed by atoms with Crippen molar-refractivity contribution in [3.63, 3.8) is 0 Å². The van der Waals surface area contributed by atoms with Crippen LogP contribution in [-0.4, -0.2) is 19.8 Å². The third kappa shape index (κ3) is 3.53. The zero-order valence-electron chi connectivity index (χ0n) is 8.73. The molecule has 0 bridgehead atoms. The smallest absolute Gasteiger partial charge is 0.306 e. The lowest BCUT2D eigenvalue weighted by molar-refractivity contribution is 0.278. The maximum absolute atomic E-state index is 10.9. The fraction of sp³-hybridized carbons (Fsp3) is 0.400. The molecular weight excluding hydrogens is 216 g/mol. The zero-order valence-corrected chi connectivity index (χ0v) is 9.54. The first-order valence-corrected chi connectivity index (χ1v) is 6.40. The van der Waals surface area contributed by atoms with Gasteiger partial charge < -0.3 is 9.29 Å². The van der Waals surface area contributed by atoms with Gasteiger partial charge in [0.2, 0.25) is 0 Å². The second-order valence-corrected chi connectivity index (χ2v) is 4.82. The Bertz CT molecular complexity index is 437. The van der Waals surface area contributed by atoms with E-state index in [0.29, 0.717) is 5.56 Å². The number of hydrogen-bond acceptors (Lipinski definition) is 4. The van der Waals surface area contributed by atoms with Crippen molar-refractivity contribution in [3.05, 3.63) is 29.3 Å². The van der Waals surface area contributed by atoms with Crippen LogP contribution in [0.5, 0.6) is 5.75 Å². The SMILES string of the molecule is CCc1ccc(OS(C)(=O)=O)c(CO)c1. The number of aliphatic hydroxyl groups is 1. The fourth-order valence-corrected chi connectivity index (χ4v) is 1.71. The van der Waals surface area contributed by atoms with Gasteiger partial charge in [-0.05, 0) is 24.1 Å². The molecule has 0 radical (unpaired) electrons. The van der Waals surface area contributed by atoms with Gasteiger partial charge in [0.1, 0.15) is 5.75 Å². The molecule has 0 aliphatic heterocycles. The third-order valence-electron chi connectivity index (χ3n) is 1.94. The van der Waals surface area contributed by atoms with Crippen LogP contribution in [-0.2, 0) is 23.1 Å². The van der Waals surface area contributed by atoms with Crippen LogP contribution in [0.2, 0.25) is 0 Å². The minimum Gasteiger partial charge on any atom is -0.392 e. The predicted molar refractivity (Wildman–Crippen MR) is 57.2 cm³/mol. The molecule has 1 aromatic rings. The molecule has 1 N–H and O–H groups in total. The number of benzene rings is 1. The van der Waals surface area contributed by atoms with E-state index in [1.54, 1.807) is 18.2 Å². The van der Waals surface area contributed by atoms with Gasteiger partial charge >= 0.3 is 10.1 Å². The molecule has 0 amide bonds. The number of aryl methyl sites for hydroxylation is 1. The molecule has 0 atom stereocenters. The topological polar surface area (TPSA) is 63.6 Å². The van der Waals surface area contributed by atoms with Gasteiger partial charge in [0.05, 0.1) is 12.9 Å². The molecule has 0 aliphatic rings. The highest BCUT2D eigenvalue weighted by Gasteiger charge is 2.09. The summed E-state index contributed by atoms with van der Waals surface area (Å²) in [6.45, 7) is 1.74. The Morgan fingerprint density at radius 1 is 1.40 bits per heavy atom. The maximum Gasteiger partial charge on any atom is 0.306 e. The molecule has 0 aliphatic carbocycles. The van der Waals surface area contributed by atoms with Crippen LogP contribution in [0, 0.1) is 0 Å². The lowest BCUT2D eigenvalue weighted by atomic mass is 10.1. The summed E-state index contributed by atoms with van der Waals surface area (Å²) >= 11 is 0. The monoisotopic (exact) mass is 230 g/mol. The van der Waals surface area contributed by atoms with Crippen LogP contribution < -0.4 is 4.18 Å². The molecule has 0 aromatic heterocycles. The average Bonchev–Trinajstić information content (AvgIpc) is 2.16. The molecule has 0 fully saturated rings. The van der Waals surface area contributed by atoms with Crippen molar-refractivity contribution >= 4 is 10.1 Å². The van der Waals surface area contributed by atoms with Gasteiger partial charge in [-0.3, -0.25) is 0 Å². The van der Waals surface area contributed by atoms with Gasteiger partial charge in [0.25, 0.3) is 0 Å². The van der Waals surface area contributed by atoms with Gasteiger partial charge in [-0.2, -0.15) is 8.42 Å². The summed E-state index contributed by atoms with van der Waals surface area (Å²) in [6.07, 6.45) is 1.80. The summed E-state index contributed by atoms with van der Waals surface area (Å²) in [5.41, 5.74) is 1.51. The van der Waals surface area contributed by atoms with E-state index in [4.69, 9.17) is 9.29 Å². The third-order valence-corrected chi connectivity index (χ3v) is 2.43. The van der Waals surface area contributed by atoms with Gasteiger partial charge in [-0.15, -0.1) is 0 Å². The highest BCUT2D eigenvalue weighted by molar-refractivity contribution is 7.86. The first-order valence-electron chi connectivity index (χ1n) is 4.58. The minimum atomic E-state index is -3.54. The van der Waals surface area contributed by atoms with E-state index in [1.807, 2.05) is 6.92 Å². The number of rotatable bonds is 4. The van der Waals surface area contributed by atoms with Gasteiger partial charge in [0.15, 0.2) is 0 Å². The second kappa shape index (κ2) is 4.63. The molecule has 15 heavy (non-hydrogen) atoms. The fourth-order valence-electron chi connectivity index (χ4n) is 1.22. The molecule has 1 aromatic carbocycles. The van der Waals surface area contributed by atoms with Gasteiger partial charge in [-0.1, -0.05) is 13.0 Å². The lowest BCUT2D eigenvalue weighted by Gasteiger charge is -2.08. The normalized spacial score (nSPS) is 11.4. The first kappa shape index (κ1) is 12.0. The van der Waals surface area contributed by atoms with E-state index < -0.39 is 10.1 Å². The van der Waals surface area contributed by atoms with Crippen LogP contribution in [0.1, 0.15) is 18.1 Å². The Balaban J connectivity index is 3.08. The van der Waals surface area contributed by atoms with E-state index in [9.17, 15) is 8.42 Å². The summed E-state index contributed by atoms with van der Waals surface area (Å²) in [6, 6.07) is 5.08. The summed E-state index contributed by atoms with van der Waals surface area (Å²) in [5, 5.41) is 9.06. The van der Waals surface area contributed by atoms with E-state index >= 15 is 0 Å². The number of aliphatic hydroxyl groups excluding tert-OH is 1. The van der Waals surface area contributed by atoms with Crippen molar-refractivity contribution < 1.29 is 17.7 Å². The molecular formula is C10H14O4S. The van der Waals surface area contributed by atoms with Crippen LogP contribution in [0.15, 0.2) is 18.2 Å². The highest BCUT2D eigenvalue weighted by atomic mass is 32.2. The summed E-state index contributed by atoms with van der Waals surface area (Å²) in [7, 11) is -3.54. The summed E-state index contributed by atoms with van der Waals surface area (Å²) in [5.74, 6) is 0.192. The maximum atomic E-state index is 10.9. The van der Waals surface area contributed by atoms with E-state index in [0.717, 1.165) is 18.2 Å². The summed E-state index contributed by atoms with van der Waals surface area (Å²) in [4.78, 5) is 0. The van der Waals surface area contributed by atoms with E-state index in [2.05, 4.69) is 0 Å². The largest absolute Gasteiger partial charge is 0.392 e. The molecule has 4 nitrogen and oxygen atoms in total. The molecule has 1 rings (SSSR count).